The zero-order valence-corrected chi connectivity index (χ0v) is 16.0. The Morgan fingerprint density at radius 3 is 2.78 bits per heavy atom. The van der Waals surface area contributed by atoms with Crippen LogP contribution in [0.4, 0.5) is 0 Å². The first kappa shape index (κ1) is 18.9. The van der Waals surface area contributed by atoms with Gasteiger partial charge in [-0.1, -0.05) is 6.07 Å². The maximum absolute atomic E-state index is 13.2. The van der Waals surface area contributed by atoms with Crippen LogP contribution in [0.3, 0.4) is 0 Å². The van der Waals surface area contributed by atoms with Crippen LogP contribution in [0.2, 0.25) is 0 Å². The second-order valence-electron chi connectivity index (χ2n) is 6.49. The summed E-state index contributed by atoms with van der Waals surface area (Å²) in [5, 5.41) is 0. The third-order valence-electron chi connectivity index (χ3n) is 4.63. The van der Waals surface area contributed by atoms with Crippen LogP contribution in [0.25, 0.3) is 0 Å². The van der Waals surface area contributed by atoms with Gasteiger partial charge in [-0.05, 0) is 44.2 Å². The number of amides is 1. The molecule has 0 radical (unpaired) electrons. The molecule has 1 amide bonds. The Kier molecular flexibility index (Phi) is 6.08. The van der Waals surface area contributed by atoms with Crippen molar-refractivity contribution in [2.45, 2.75) is 26.9 Å². The molecular weight excluding hydrogens is 342 g/mol. The monoisotopic (exact) mass is 367 g/mol. The summed E-state index contributed by atoms with van der Waals surface area (Å²) >= 11 is 0. The van der Waals surface area contributed by atoms with E-state index in [1.807, 2.05) is 50.2 Å². The van der Waals surface area contributed by atoms with E-state index in [2.05, 4.69) is 9.55 Å². The molecule has 0 aromatic carbocycles. The van der Waals surface area contributed by atoms with E-state index >= 15 is 0 Å². The molecule has 3 heterocycles. The van der Waals surface area contributed by atoms with Gasteiger partial charge in [-0.3, -0.25) is 9.78 Å². The molecule has 3 aromatic heterocycles. The fourth-order valence-corrected chi connectivity index (χ4v) is 3.13. The first-order chi connectivity index (χ1) is 13.1. The highest BCUT2D eigenvalue weighted by Crippen LogP contribution is 2.20. The van der Waals surface area contributed by atoms with E-state index < -0.39 is 0 Å². The van der Waals surface area contributed by atoms with Gasteiger partial charge in [-0.25, -0.2) is 0 Å². The lowest BCUT2D eigenvalue weighted by Crippen LogP contribution is -2.34. The number of rotatable bonds is 8. The number of pyridine rings is 1. The molecule has 3 rings (SSSR count). The minimum Gasteiger partial charge on any atom is -0.467 e. The van der Waals surface area contributed by atoms with E-state index in [-0.39, 0.29) is 5.91 Å². The average Bonchev–Trinajstić information content (AvgIpc) is 3.29. The molecule has 6 nitrogen and oxygen atoms in total. The number of carbonyl (C=O) groups is 1. The van der Waals surface area contributed by atoms with Gasteiger partial charge in [0.2, 0.25) is 0 Å². The molecule has 142 valence electrons. The third-order valence-corrected chi connectivity index (χ3v) is 4.63. The highest BCUT2D eigenvalue weighted by molar-refractivity contribution is 5.95. The number of aryl methyl sites for hydroxylation is 1. The van der Waals surface area contributed by atoms with Crippen molar-refractivity contribution < 1.29 is 13.9 Å². The van der Waals surface area contributed by atoms with Crippen molar-refractivity contribution in [1.29, 1.82) is 0 Å². The van der Waals surface area contributed by atoms with Gasteiger partial charge in [0.1, 0.15) is 5.76 Å². The Bertz CT molecular complexity index is 870. The normalized spacial score (nSPS) is 10.9. The van der Waals surface area contributed by atoms with Crippen molar-refractivity contribution in [3.63, 3.8) is 0 Å². The number of ether oxygens (including phenoxy) is 1. The molecule has 0 unspecified atom stereocenters. The van der Waals surface area contributed by atoms with Gasteiger partial charge < -0.3 is 18.6 Å². The van der Waals surface area contributed by atoms with Gasteiger partial charge in [-0.15, -0.1) is 0 Å². The molecule has 0 aliphatic rings. The minimum absolute atomic E-state index is 0.0171. The van der Waals surface area contributed by atoms with Gasteiger partial charge >= 0.3 is 0 Å². The summed E-state index contributed by atoms with van der Waals surface area (Å²) in [6.07, 6.45) is 3.40. The first-order valence-electron chi connectivity index (χ1n) is 8.97. The van der Waals surface area contributed by atoms with E-state index in [4.69, 9.17) is 9.15 Å². The number of furan rings is 1. The van der Waals surface area contributed by atoms with Crippen LogP contribution < -0.4 is 0 Å². The summed E-state index contributed by atoms with van der Waals surface area (Å²) in [6.45, 7) is 6.02. The topological polar surface area (TPSA) is 60.5 Å². The van der Waals surface area contributed by atoms with Crippen molar-refractivity contribution in [2.24, 2.45) is 0 Å². The van der Waals surface area contributed by atoms with Crippen molar-refractivity contribution in [3.8, 4) is 0 Å². The standard InChI is InChI=1S/C21H25N3O3/c1-16-13-20(17(2)24(16)15-19-8-6-11-27-19)21(25)23(10-12-26-3)14-18-7-4-5-9-22-18/h4-9,11,13H,10,12,14-15H2,1-3H3. The van der Waals surface area contributed by atoms with Gasteiger partial charge in [0.25, 0.3) is 5.91 Å². The van der Waals surface area contributed by atoms with E-state index in [0.717, 1.165) is 22.8 Å². The zero-order valence-electron chi connectivity index (χ0n) is 16.0. The summed E-state index contributed by atoms with van der Waals surface area (Å²) in [5.41, 5.74) is 3.51. The quantitative estimate of drug-likeness (QED) is 0.612. The highest BCUT2D eigenvalue weighted by Gasteiger charge is 2.22. The van der Waals surface area contributed by atoms with Crippen LogP contribution in [0.15, 0.2) is 53.3 Å². The Balaban J connectivity index is 1.84. The van der Waals surface area contributed by atoms with Gasteiger partial charge in [0.15, 0.2) is 0 Å². The fraction of sp³-hybridized carbons (Fsp3) is 0.333. The van der Waals surface area contributed by atoms with E-state index in [9.17, 15) is 4.79 Å². The van der Waals surface area contributed by atoms with E-state index in [1.54, 1.807) is 24.5 Å². The second-order valence-corrected chi connectivity index (χ2v) is 6.49. The number of hydrogen-bond acceptors (Lipinski definition) is 4. The van der Waals surface area contributed by atoms with Gasteiger partial charge in [0, 0.05) is 31.2 Å². The largest absolute Gasteiger partial charge is 0.467 e. The molecule has 0 N–H and O–H groups in total. The SMILES string of the molecule is COCCN(Cc1ccccn1)C(=O)c1cc(C)n(Cc2ccco2)c1C. The van der Waals surface area contributed by atoms with Gasteiger partial charge in [0.05, 0.1) is 37.2 Å². The lowest BCUT2D eigenvalue weighted by molar-refractivity contribution is 0.0677. The van der Waals surface area contributed by atoms with Crippen LogP contribution in [0, 0.1) is 13.8 Å². The Morgan fingerprint density at radius 2 is 2.11 bits per heavy atom. The maximum Gasteiger partial charge on any atom is 0.256 e. The van der Waals surface area contributed by atoms with Crippen molar-refractivity contribution in [2.75, 3.05) is 20.3 Å². The zero-order chi connectivity index (χ0) is 19.2. The third kappa shape index (κ3) is 4.46. The molecule has 0 bridgehead atoms. The number of carbonyl (C=O) groups excluding carboxylic acids is 1. The predicted molar refractivity (Wildman–Crippen MR) is 103 cm³/mol. The molecule has 6 heteroatoms. The number of aromatic nitrogens is 2. The Morgan fingerprint density at radius 1 is 1.26 bits per heavy atom. The molecule has 0 spiro atoms. The molecule has 27 heavy (non-hydrogen) atoms. The summed E-state index contributed by atoms with van der Waals surface area (Å²) in [6, 6.07) is 11.5. The van der Waals surface area contributed by atoms with Crippen molar-refractivity contribution in [3.05, 3.63) is 77.3 Å². The number of nitrogens with zero attached hydrogens (tertiary/aromatic N) is 3. The van der Waals surface area contributed by atoms with Crippen LogP contribution in [0.5, 0.6) is 0 Å². The molecule has 3 aromatic rings. The number of methoxy groups -OCH3 is 1. The molecule has 0 aliphatic carbocycles. The first-order valence-corrected chi connectivity index (χ1v) is 8.97. The lowest BCUT2D eigenvalue weighted by Gasteiger charge is -2.22. The number of hydrogen-bond donors (Lipinski definition) is 0. The summed E-state index contributed by atoms with van der Waals surface area (Å²) in [5.74, 6) is 0.844. The van der Waals surface area contributed by atoms with Gasteiger partial charge in [-0.2, -0.15) is 0 Å². The Hall–Kier alpha value is -2.86. The maximum atomic E-state index is 13.2. The van der Waals surface area contributed by atoms with Crippen LogP contribution in [-0.4, -0.2) is 40.6 Å². The minimum atomic E-state index is -0.0171. The molecule has 0 aliphatic heterocycles. The average molecular weight is 367 g/mol. The van der Waals surface area contributed by atoms with Crippen molar-refractivity contribution in [1.82, 2.24) is 14.5 Å². The van der Waals surface area contributed by atoms with Crippen molar-refractivity contribution >= 4 is 5.91 Å². The molecular formula is C21H25N3O3. The second kappa shape index (κ2) is 8.68. The summed E-state index contributed by atoms with van der Waals surface area (Å²) < 4.78 is 12.7. The fourth-order valence-electron chi connectivity index (χ4n) is 3.13. The highest BCUT2D eigenvalue weighted by atomic mass is 16.5. The van der Waals surface area contributed by atoms with E-state index in [1.165, 1.54) is 0 Å². The van der Waals surface area contributed by atoms with Crippen LogP contribution in [-0.2, 0) is 17.8 Å². The Labute approximate surface area is 159 Å². The van der Waals surface area contributed by atoms with Crippen LogP contribution >= 0.6 is 0 Å². The summed E-state index contributed by atoms with van der Waals surface area (Å²) in [4.78, 5) is 19.4. The molecule has 0 saturated heterocycles. The molecule has 0 fully saturated rings. The molecule has 0 atom stereocenters. The lowest BCUT2D eigenvalue weighted by atomic mass is 10.2. The predicted octanol–water partition coefficient (Wildman–Crippen LogP) is 3.43. The molecule has 0 saturated carbocycles. The van der Waals surface area contributed by atoms with E-state index in [0.29, 0.717) is 31.8 Å². The smallest absolute Gasteiger partial charge is 0.256 e. The van der Waals surface area contributed by atoms with Crippen LogP contribution in [0.1, 0.15) is 33.2 Å². The summed E-state index contributed by atoms with van der Waals surface area (Å²) in [7, 11) is 1.64.